The second-order valence-corrected chi connectivity index (χ2v) is 23.9. The molecule has 0 saturated carbocycles. The predicted molar refractivity (Wildman–Crippen MR) is 327 cm³/mol. The minimum atomic E-state index is -0.579. The van der Waals surface area contributed by atoms with Crippen molar-refractivity contribution < 1.29 is 29.0 Å². The lowest BCUT2D eigenvalue weighted by atomic mass is 9.82. The number of likely N-dealkylation sites (tertiary alicyclic amines) is 2. The second-order valence-electron chi connectivity index (χ2n) is 23.0. The van der Waals surface area contributed by atoms with Gasteiger partial charge in [0.25, 0.3) is 0 Å². The van der Waals surface area contributed by atoms with Crippen LogP contribution in [0.4, 0.5) is 16.2 Å². The molecule has 0 aliphatic carbocycles. The molecule has 434 valence electrons. The molecule has 5 aliphatic rings. The van der Waals surface area contributed by atoms with Crippen LogP contribution in [-0.4, -0.2) is 136 Å². The maximum absolute atomic E-state index is 15.2. The number of benzene rings is 5. The summed E-state index contributed by atoms with van der Waals surface area (Å²) in [7, 11) is 1.60. The van der Waals surface area contributed by atoms with Crippen molar-refractivity contribution in [2.24, 2.45) is 16.8 Å². The van der Waals surface area contributed by atoms with Gasteiger partial charge in [-0.15, -0.1) is 0 Å². The molecule has 5 aromatic carbocycles. The maximum atomic E-state index is 15.2. The van der Waals surface area contributed by atoms with Crippen LogP contribution in [0.25, 0.3) is 11.1 Å². The molecule has 3 saturated heterocycles. The number of piperidine rings is 1. The maximum Gasteiger partial charge on any atom is 0.326 e. The first-order valence-corrected chi connectivity index (χ1v) is 30.2. The van der Waals surface area contributed by atoms with Crippen LogP contribution in [0.5, 0.6) is 11.5 Å². The molecule has 17 heteroatoms. The van der Waals surface area contributed by atoms with Crippen molar-refractivity contribution in [1.82, 2.24) is 29.5 Å². The highest BCUT2D eigenvalue weighted by atomic mass is 35.5. The lowest BCUT2D eigenvalue weighted by molar-refractivity contribution is -0.135. The number of pyridine rings is 1. The Morgan fingerprint density at radius 2 is 1.54 bits per heavy atom. The first-order chi connectivity index (χ1) is 40.4. The zero-order chi connectivity index (χ0) is 57.6. The number of carbonyl (C=O) groups excluding carboxylic acids is 3. The van der Waals surface area contributed by atoms with E-state index in [1.165, 1.54) is 11.1 Å². The zero-order valence-electron chi connectivity index (χ0n) is 47.6. The highest BCUT2D eigenvalue weighted by Gasteiger charge is 2.47. The van der Waals surface area contributed by atoms with Crippen molar-refractivity contribution in [3.8, 4) is 22.6 Å². The summed E-state index contributed by atoms with van der Waals surface area (Å²) in [5.41, 5.74) is 8.82. The van der Waals surface area contributed by atoms with Crippen molar-refractivity contribution in [3.63, 3.8) is 0 Å². The number of urea groups is 1. The number of aromatic nitrogens is 1. The number of halogens is 2. The number of piperazine rings is 1. The number of amidine groups is 1. The summed E-state index contributed by atoms with van der Waals surface area (Å²) in [6.07, 6.45) is 9.86. The molecule has 6 aromatic rings. The molecule has 1 aromatic heterocycles. The van der Waals surface area contributed by atoms with E-state index in [-0.39, 0.29) is 49.2 Å². The van der Waals surface area contributed by atoms with Crippen LogP contribution >= 0.6 is 23.2 Å². The van der Waals surface area contributed by atoms with Crippen molar-refractivity contribution in [1.29, 1.82) is 0 Å². The Hall–Kier alpha value is -7.01. The molecule has 0 bridgehead atoms. The lowest BCUT2D eigenvalue weighted by Gasteiger charge is -2.39. The third kappa shape index (κ3) is 13.4. The number of fused-ring (bicyclic) bond motifs is 3. The average Bonchev–Trinajstić information content (AvgIpc) is 3.75. The number of aliphatic imine (C=N–C) groups is 1. The van der Waals surface area contributed by atoms with Crippen LogP contribution in [-0.2, 0) is 16.1 Å². The normalized spacial score (nSPS) is 21.1. The van der Waals surface area contributed by atoms with Gasteiger partial charge in [0, 0.05) is 84.4 Å². The Kier molecular flexibility index (Phi) is 18.3. The number of anilines is 2. The van der Waals surface area contributed by atoms with Crippen LogP contribution in [0, 0.1) is 11.8 Å². The number of ether oxygens (including phenoxy) is 2. The van der Waals surface area contributed by atoms with E-state index in [4.69, 9.17) is 37.7 Å². The summed E-state index contributed by atoms with van der Waals surface area (Å²) in [5.74, 6) is 2.39. The largest absolute Gasteiger partial charge is 0.497 e. The number of hydrogen-bond acceptors (Lipinski definition) is 11. The number of aliphatic hydroxyl groups excluding tert-OH is 1. The Morgan fingerprint density at radius 3 is 2.27 bits per heavy atom. The molecule has 0 unspecified atom stereocenters. The Labute approximate surface area is 497 Å². The number of nitrogens with zero attached hydrogens (tertiary/aromatic N) is 7. The van der Waals surface area contributed by atoms with Crippen molar-refractivity contribution in [2.45, 2.75) is 95.6 Å². The molecule has 6 heterocycles. The van der Waals surface area contributed by atoms with Crippen LogP contribution < -0.4 is 20.1 Å². The van der Waals surface area contributed by atoms with Gasteiger partial charge in [-0.3, -0.25) is 29.4 Å². The smallest absolute Gasteiger partial charge is 0.326 e. The molecule has 0 spiro atoms. The Balaban J connectivity index is 0.654. The van der Waals surface area contributed by atoms with Gasteiger partial charge in [-0.25, -0.2) is 4.79 Å². The highest BCUT2D eigenvalue weighted by Crippen LogP contribution is 2.49. The molecule has 15 nitrogen and oxygen atoms in total. The standard InChI is InChI=1S/C66H75Cl2N9O6/c1-43(2)83-59-39-53(82-3)20-21-55(59)65-72-62(46-11-16-50(67)17-12-46)63(47-13-18-51(68)19-14-47)77(65)66(81)76-36-35-74(61(80)41-76)31-5-7-44-25-32-73(33-26-44)30-6-10-60(79)70-52-9-4-8-48(37-52)49-15-22-57-56(38-49)64-54(58(42-78)71-57)27-34-75(64)40-45-23-28-69-29-24-45/h4,8-9,11-24,28-29,37-39,43-44,54,58,62-64,71,78H,5-7,10,25-27,30-36,40-42H2,1-3H3,(H,70,79)/t54-,58-,62-,63+,64-/m1/s1. The van der Waals surface area contributed by atoms with E-state index >= 15 is 4.79 Å². The quantitative estimate of drug-likeness (QED) is 0.0714. The minimum absolute atomic E-state index is 0.00754. The number of hydrogen-bond donors (Lipinski definition) is 3. The fraction of sp³-hybridized carbons (Fsp3) is 0.409. The number of carbonyl (C=O) groups is 3. The summed E-state index contributed by atoms with van der Waals surface area (Å²) in [6.45, 7) is 10.1. The Morgan fingerprint density at radius 1 is 0.795 bits per heavy atom. The van der Waals surface area contributed by atoms with E-state index in [1.807, 2.05) is 110 Å². The SMILES string of the molecule is COc1ccc(C2=N[C@H](c3ccc(Cl)cc3)[C@H](c3ccc(Cl)cc3)N2C(=O)N2CCN(CCCC3CCN(CCCC(=O)Nc4cccc(-c5ccc6c(c5)[C@H]5[C@H](CCN5Cc5ccncc5)[C@@H](CO)N6)c4)CC3)C(=O)C2)c(OC(C)C)c1. The third-order valence-corrected chi connectivity index (χ3v) is 17.8. The van der Waals surface area contributed by atoms with E-state index in [0.29, 0.717) is 70.8 Å². The van der Waals surface area contributed by atoms with Crippen LogP contribution in [0.15, 0.2) is 139 Å². The van der Waals surface area contributed by atoms with Gasteiger partial charge in [0.15, 0.2) is 0 Å². The first-order valence-electron chi connectivity index (χ1n) is 29.5. The van der Waals surface area contributed by atoms with Gasteiger partial charge in [-0.1, -0.05) is 65.7 Å². The van der Waals surface area contributed by atoms with Crippen LogP contribution in [0.3, 0.4) is 0 Å². The van der Waals surface area contributed by atoms with Crippen molar-refractivity contribution in [3.05, 3.63) is 172 Å². The monoisotopic (exact) mass is 1160 g/mol. The number of amides is 4. The fourth-order valence-corrected chi connectivity index (χ4v) is 13.3. The summed E-state index contributed by atoms with van der Waals surface area (Å²) in [5, 5.41) is 18.3. The molecule has 5 atom stereocenters. The molecule has 3 N–H and O–H groups in total. The lowest BCUT2D eigenvalue weighted by Crippen LogP contribution is -2.56. The van der Waals surface area contributed by atoms with E-state index in [0.717, 1.165) is 105 Å². The number of nitrogens with one attached hydrogen (secondary N) is 2. The van der Waals surface area contributed by atoms with E-state index in [1.54, 1.807) is 16.9 Å². The summed E-state index contributed by atoms with van der Waals surface area (Å²) in [6, 6.07) is 38.2. The summed E-state index contributed by atoms with van der Waals surface area (Å²) in [4.78, 5) is 62.4. The molecule has 4 amide bonds. The molecular weight excluding hydrogens is 1090 g/mol. The van der Waals surface area contributed by atoms with Gasteiger partial charge in [0.1, 0.15) is 29.9 Å². The van der Waals surface area contributed by atoms with Gasteiger partial charge in [0.05, 0.1) is 37.5 Å². The van der Waals surface area contributed by atoms with Gasteiger partial charge in [-0.05, 0) is 191 Å². The zero-order valence-corrected chi connectivity index (χ0v) is 49.2. The topological polar surface area (TPSA) is 155 Å². The highest BCUT2D eigenvalue weighted by molar-refractivity contribution is 6.30. The number of rotatable bonds is 19. The summed E-state index contributed by atoms with van der Waals surface area (Å²) >= 11 is 12.8. The molecule has 11 rings (SSSR count). The van der Waals surface area contributed by atoms with Crippen LogP contribution in [0.2, 0.25) is 10.0 Å². The fourth-order valence-electron chi connectivity index (χ4n) is 13.1. The Bertz CT molecular complexity index is 3270. The molecule has 5 aliphatic heterocycles. The first kappa shape index (κ1) is 57.8. The molecular formula is C66H75Cl2N9O6. The van der Waals surface area contributed by atoms with Crippen molar-refractivity contribution in [2.75, 3.05) is 76.7 Å². The van der Waals surface area contributed by atoms with Gasteiger partial charge < -0.3 is 39.9 Å². The molecule has 0 radical (unpaired) electrons. The number of methoxy groups -OCH3 is 1. The summed E-state index contributed by atoms with van der Waals surface area (Å²) < 4.78 is 12.0. The number of aliphatic hydroxyl groups is 1. The van der Waals surface area contributed by atoms with Gasteiger partial charge in [-0.2, -0.15) is 0 Å². The molecule has 3 fully saturated rings. The third-order valence-electron chi connectivity index (χ3n) is 17.3. The average molecular weight is 1160 g/mol. The minimum Gasteiger partial charge on any atom is -0.497 e. The molecule has 83 heavy (non-hydrogen) atoms. The van der Waals surface area contributed by atoms with E-state index in [2.05, 4.69) is 67.9 Å². The second kappa shape index (κ2) is 26.3. The van der Waals surface area contributed by atoms with Crippen LogP contribution in [0.1, 0.15) is 105 Å². The van der Waals surface area contributed by atoms with E-state index < -0.39 is 12.1 Å². The predicted octanol–water partition coefficient (Wildman–Crippen LogP) is 11.9. The van der Waals surface area contributed by atoms with Gasteiger partial charge in [0.2, 0.25) is 11.8 Å². The van der Waals surface area contributed by atoms with E-state index in [9.17, 15) is 14.7 Å². The van der Waals surface area contributed by atoms with Crippen molar-refractivity contribution >= 4 is 58.3 Å². The van der Waals surface area contributed by atoms with Gasteiger partial charge >= 0.3 is 6.03 Å².